The van der Waals surface area contributed by atoms with Crippen molar-refractivity contribution in [2.45, 2.75) is 93.6 Å². The van der Waals surface area contributed by atoms with Crippen LogP contribution < -0.4 is 10.6 Å². The number of nitrogens with one attached hydrogen (secondary N) is 2. The fourth-order valence-corrected chi connectivity index (χ4v) is 5.38. The lowest BCUT2D eigenvalue weighted by atomic mass is 9.90. The largest absolute Gasteiger partial charge is 0.394 e. The van der Waals surface area contributed by atoms with E-state index in [1.54, 1.807) is 37.3 Å². The van der Waals surface area contributed by atoms with Crippen LogP contribution in [0.4, 0.5) is 0 Å². The standard InChI is InChI=1S/C33H48N2O12/c1-18(30-28(42)26(40)24(38)22(16-36)46-30)9-7-10-19(2)32(44)34-13-5-3-4-6-14-35-33(45)21-12-8-11-20(15-21)31-29(43)27(41)25(39)23(17-37)47-31/h7-12,15,22-31,36-43H,1,3-6,13-14,16-17H2,2H3,(H,34,44)(H,35,45)/b9-7-,19-10+/t22-,23-,24-,25-,26+,27+,28+,29+,30-,31-/m1/s1. The minimum absolute atomic E-state index is 0.258. The van der Waals surface area contributed by atoms with Gasteiger partial charge in [-0.1, -0.05) is 49.8 Å². The summed E-state index contributed by atoms with van der Waals surface area (Å²) in [6.07, 6.45) is -5.23. The number of hydrogen-bond donors (Lipinski definition) is 10. The van der Waals surface area contributed by atoms with Gasteiger partial charge < -0.3 is 61.0 Å². The zero-order chi connectivity index (χ0) is 34.7. The number of aliphatic hydroxyl groups excluding tert-OH is 8. The molecule has 2 fully saturated rings. The molecule has 10 atom stereocenters. The smallest absolute Gasteiger partial charge is 0.251 e. The number of carbonyl (C=O) groups excluding carboxylic acids is 2. The molecule has 2 amide bonds. The third-order valence-electron chi connectivity index (χ3n) is 8.32. The molecule has 0 aromatic heterocycles. The molecule has 1 aromatic carbocycles. The lowest BCUT2D eigenvalue weighted by Gasteiger charge is -2.40. The van der Waals surface area contributed by atoms with Crippen LogP contribution in [0.1, 0.15) is 54.6 Å². The summed E-state index contributed by atoms with van der Waals surface area (Å²) in [6, 6.07) is 6.39. The molecule has 0 spiro atoms. The van der Waals surface area contributed by atoms with Crippen LogP contribution in [0.5, 0.6) is 0 Å². The topological polar surface area (TPSA) is 238 Å². The van der Waals surface area contributed by atoms with Crippen molar-refractivity contribution < 1.29 is 59.9 Å². The van der Waals surface area contributed by atoms with Crippen LogP contribution in [-0.2, 0) is 14.3 Å². The molecule has 0 bridgehead atoms. The number of aliphatic hydroxyl groups is 8. The van der Waals surface area contributed by atoms with Gasteiger partial charge in [0.2, 0.25) is 5.91 Å². The van der Waals surface area contributed by atoms with Crippen LogP contribution in [0.25, 0.3) is 0 Å². The van der Waals surface area contributed by atoms with E-state index in [1.807, 2.05) is 0 Å². The second kappa shape index (κ2) is 18.5. The minimum Gasteiger partial charge on any atom is -0.394 e. The van der Waals surface area contributed by atoms with Crippen molar-refractivity contribution in [1.82, 2.24) is 10.6 Å². The number of amides is 2. The van der Waals surface area contributed by atoms with E-state index in [2.05, 4.69) is 17.2 Å². The Balaban J connectivity index is 1.33. The molecule has 14 nitrogen and oxygen atoms in total. The molecule has 262 valence electrons. The van der Waals surface area contributed by atoms with Crippen molar-refractivity contribution in [3.63, 3.8) is 0 Å². The Labute approximate surface area is 273 Å². The molecule has 2 saturated heterocycles. The number of benzene rings is 1. The Hall–Kier alpha value is -3.02. The first-order chi connectivity index (χ1) is 22.4. The third-order valence-corrected chi connectivity index (χ3v) is 8.32. The zero-order valence-corrected chi connectivity index (χ0v) is 26.4. The highest BCUT2D eigenvalue weighted by Crippen LogP contribution is 2.32. The first kappa shape index (κ1) is 38.4. The molecular formula is C33H48N2O12. The van der Waals surface area contributed by atoms with E-state index in [0.29, 0.717) is 41.8 Å². The highest BCUT2D eigenvalue weighted by molar-refractivity contribution is 5.94. The third kappa shape index (κ3) is 10.2. The average molecular weight is 665 g/mol. The summed E-state index contributed by atoms with van der Waals surface area (Å²) in [7, 11) is 0. The van der Waals surface area contributed by atoms with Gasteiger partial charge in [0.05, 0.1) is 13.2 Å². The Morgan fingerprint density at radius 2 is 1.40 bits per heavy atom. The summed E-state index contributed by atoms with van der Waals surface area (Å²) in [6.45, 7) is 5.26. The number of ether oxygens (including phenoxy) is 2. The molecule has 2 aliphatic heterocycles. The summed E-state index contributed by atoms with van der Waals surface area (Å²) in [5.41, 5.74) is 1.49. The molecule has 2 aliphatic rings. The SMILES string of the molecule is C=C(/C=C\C=C(/C)C(=O)NCCCCCCNC(=O)c1cccc([C@H]2O[C@H](CO)[C@@H](O)[C@H](O)[C@@H]2O)c1)[C@H]1O[C@H](CO)[C@@H](O)[C@H](O)[C@@H]1O. The Morgan fingerprint density at radius 3 is 2.04 bits per heavy atom. The molecular weight excluding hydrogens is 616 g/mol. The van der Waals surface area contributed by atoms with Gasteiger partial charge in [-0.15, -0.1) is 0 Å². The molecule has 14 heteroatoms. The van der Waals surface area contributed by atoms with E-state index in [0.717, 1.165) is 19.3 Å². The second-order valence-corrected chi connectivity index (χ2v) is 11.8. The van der Waals surface area contributed by atoms with Crippen molar-refractivity contribution in [2.75, 3.05) is 26.3 Å². The lowest BCUT2D eigenvalue weighted by Crippen LogP contribution is -2.58. The number of carbonyl (C=O) groups is 2. The van der Waals surface area contributed by atoms with Crippen LogP contribution in [0.3, 0.4) is 0 Å². The van der Waals surface area contributed by atoms with E-state index in [9.17, 15) is 50.4 Å². The van der Waals surface area contributed by atoms with E-state index in [1.165, 1.54) is 12.1 Å². The van der Waals surface area contributed by atoms with Crippen LogP contribution >= 0.6 is 0 Å². The van der Waals surface area contributed by atoms with Gasteiger partial charge in [-0.05, 0) is 43.0 Å². The number of rotatable bonds is 15. The molecule has 2 heterocycles. The van der Waals surface area contributed by atoms with Gasteiger partial charge in [0.1, 0.15) is 61.0 Å². The van der Waals surface area contributed by atoms with Crippen molar-refractivity contribution in [2.24, 2.45) is 0 Å². The van der Waals surface area contributed by atoms with Crippen LogP contribution in [0.15, 0.2) is 60.2 Å². The monoisotopic (exact) mass is 664 g/mol. The van der Waals surface area contributed by atoms with Gasteiger partial charge in [-0.3, -0.25) is 9.59 Å². The summed E-state index contributed by atoms with van der Waals surface area (Å²) in [5.74, 6) is -0.580. The van der Waals surface area contributed by atoms with Crippen LogP contribution in [0, 0.1) is 0 Å². The highest BCUT2D eigenvalue weighted by Gasteiger charge is 2.45. The Morgan fingerprint density at radius 1 is 0.809 bits per heavy atom. The maximum absolute atomic E-state index is 12.7. The molecule has 0 saturated carbocycles. The quantitative estimate of drug-likeness (QED) is 0.0586. The fourth-order valence-electron chi connectivity index (χ4n) is 5.38. The van der Waals surface area contributed by atoms with Gasteiger partial charge >= 0.3 is 0 Å². The van der Waals surface area contributed by atoms with Crippen molar-refractivity contribution in [3.05, 3.63) is 71.3 Å². The highest BCUT2D eigenvalue weighted by atomic mass is 16.6. The van der Waals surface area contributed by atoms with Crippen LogP contribution in [0.2, 0.25) is 0 Å². The van der Waals surface area contributed by atoms with E-state index in [-0.39, 0.29) is 11.8 Å². The number of hydrogen-bond acceptors (Lipinski definition) is 12. The van der Waals surface area contributed by atoms with E-state index >= 15 is 0 Å². The van der Waals surface area contributed by atoms with E-state index < -0.39 is 74.3 Å². The first-order valence-corrected chi connectivity index (χ1v) is 15.7. The average Bonchev–Trinajstić information content (AvgIpc) is 3.07. The minimum atomic E-state index is -1.51. The second-order valence-electron chi connectivity index (χ2n) is 11.8. The molecule has 10 N–H and O–H groups in total. The van der Waals surface area contributed by atoms with E-state index in [4.69, 9.17) is 9.47 Å². The first-order valence-electron chi connectivity index (χ1n) is 15.7. The molecule has 0 unspecified atom stereocenters. The molecule has 47 heavy (non-hydrogen) atoms. The molecule has 0 aliphatic carbocycles. The Bertz CT molecular complexity index is 1250. The lowest BCUT2D eigenvalue weighted by molar-refractivity contribution is -0.231. The Kier molecular flexibility index (Phi) is 15.1. The van der Waals surface area contributed by atoms with Gasteiger partial charge in [0, 0.05) is 24.2 Å². The molecule has 0 radical (unpaired) electrons. The summed E-state index contributed by atoms with van der Waals surface area (Å²) >= 11 is 0. The molecule has 1 aromatic rings. The summed E-state index contributed by atoms with van der Waals surface area (Å²) in [5, 5.41) is 84.9. The predicted molar refractivity (Wildman–Crippen MR) is 169 cm³/mol. The van der Waals surface area contributed by atoms with Crippen molar-refractivity contribution >= 4 is 11.8 Å². The predicted octanol–water partition coefficient (Wildman–Crippen LogP) is -1.49. The van der Waals surface area contributed by atoms with Gasteiger partial charge in [0.15, 0.2) is 0 Å². The fraction of sp³-hybridized carbons (Fsp3) is 0.576. The van der Waals surface area contributed by atoms with Crippen LogP contribution in [-0.4, -0.2) is 134 Å². The van der Waals surface area contributed by atoms with Gasteiger partial charge in [-0.2, -0.15) is 0 Å². The normalized spacial score (nSPS) is 31.5. The molecule has 3 rings (SSSR count). The van der Waals surface area contributed by atoms with Gasteiger partial charge in [-0.25, -0.2) is 0 Å². The van der Waals surface area contributed by atoms with Gasteiger partial charge in [0.25, 0.3) is 5.91 Å². The number of unbranched alkanes of at least 4 members (excludes halogenated alkanes) is 3. The zero-order valence-electron chi connectivity index (χ0n) is 26.4. The van der Waals surface area contributed by atoms with Crippen molar-refractivity contribution in [3.8, 4) is 0 Å². The maximum Gasteiger partial charge on any atom is 0.251 e. The summed E-state index contributed by atoms with van der Waals surface area (Å²) < 4.78 is 11.0. The number of allylic oxidation sites excluding steroid dienone is 2. The summed E-state index contributed by atoms with van der Waals surface area (Å²) in [4.78, 5) is 25.1. The van der Waals surface area contributed by atoms with Crippen molar-refractivity contribution in [1.29, 1.82) is 0 Å². The maximum atomic E-state index is 12.7.